The highest BCUT2D eigenvalue weighted by molar-refractivity contribution is 6.29. The summed E-state index contributed by atoms with van der Waals surface area (Å²) in [6.45, 7) is 0.985. The first kappa shape index (κ1) is 14.7. The molecule has 2 rings (SSSR count). The van der Waals surface area contributed by atoms with Gasteiger partial charge in [0.2, 0.25) is 0 Å². The van der Waals surface area contributed by atoms with Gasteiger partial charge in [0, 0.05) is 18.1 Å². The molecule has 0 bridgehead atoms. The van der Waals surface area contributed by atoms with Gasteiger partial charge in [-0.3, -0.25) is 9.36 Å². The van der Waals surface area contributed by atoms with Crippen molar-refractivity contribution in [2.45, 2.75) is 25.8 Å². The standard InChI is InChI=1S/C14H13ClF2N2O/c1-2-12-18-11(15)8-13(20)19(12)9-14(16,17)10-6-4-3-5-7-10/h3-8H,2,9H2,1H3. The zero-order valence-electron chi connectivity index (χ0n) is 10.8. The van der Waals surface area contributed by atoms with Crippen LogP contribution in [0.3, 0.4) is 0 Å². The van der Waals surface area contributed by atoms with Crippen LogP contribution >= 0.6 is 11.6 Å². The summed E-state index contributed by atoms with van der Waals surface area (Å²) in [4.78, 5) is 15.8. The van der Waals surface area contributed by atoms with Crippen molar-refractivity contribution in [3.63, 3.8) is 0 Å². The second-order valence-electron chi connectivity index (χ2n) is 4.34. The van der Waals surface area contributed by atoms with E-state index >= 15 is 0 Å². The van der Waals surface area contributed by atoms with Gasteiger partial charge in [-0.1, -0.05) is 48.9 Å². The van der Waals surface area contributed by atoms with Crippen LogP contribution in [-0.4, -0.2) is 9.55 Å². The number of alkyl halides is 2. The lowest BCUT2D eigenvalue weighted by Gasteiger charge is -2.19. The van der Waals surface area contributed by atoms with Crippen LogP contribution in [-0.2, 0) is 18.9 Å². The Morgan fingerprint density at radius 3 is 2.55 bits per heavy atom. The van der Waals surface area contributed by atoms with Gasteiger partial charge in [-0.05, 0) is 0 Å². The molecule has 1 aromatic heterocycles. The molecular weight excluding hydrogens is 286 g/mol. The third-order valence-corrected chi connectivity index (χ3v) is 3.12. The molecule has 0 fully saturated rings. The summed E-state index contributed by atoms with van der Waals surface area (Å²) in [5.74, 6) is -2.90. The van der Waals surface area contributed by atoms with E-state index in [1.165, 1.54) is 24.3 Å². The number of aryl methyl sites for hydroxylation is 1. The van der Waals surface area contributed by atoms with Gasteiger partial charge in [0.05, 0.1) is 6.54 Å². The van der Waals surface area contributed by atoms with Crippen LogP contribution in [0.25, 0.3) is 0 Å². The van der Waals surface area contributed by atoms with Crippen LogP contribution < -0.4 is 5.56 Å². The summed E-state index contributed by atoms with van der Waals surface area (Å²) in [7, 11) is 0. The Kier molecular flexibility index (Phi) is 4.18. The van der Waals surface area contributed by atoms with Crippen LogP contribution in [0.5, 0.6) is 0 Å². The van der Waals surface area contributed by atoms with E-state index in [0.29, 0.717) is 6.42 Å². The number of hydrogen-bond acceptors (Lipinski definition) is 2. The molecule has 1 aromatic carbocycles. The summed E-state index contributed by atoms with van der Waals surface area (Å²) in [5.41, 5.74) is -0.707. The highest BCUT2D eigenvalue weighted by atomic mass is 35.5. The van der Waals surface area contributed by atoms with Crippen molar-refractivity contribution in [1.82, 2.24) is 9.55 Å². The van der Waals surface area contributed by atoms with Crippen molar-refractivity contribution >= 4 is 11.6 Å². The highest BCUT2D eigenvalue weighted by Gasteiger charge is 2.33. The second-order valence-corrected chi connectivity index (χ2v) is 4.73. The number of aromatic nitrogens is 2. The molecule has 3 nitrogen and oxygen atoms in total. The number of rotatable bonds is 4. The molecule has 106 valence electrons. The molecule has 2 aromatic rings. The van der Waals surface area contributed by atoms with Crippen molar-refractivity contribution in [3.05, 3.63) is 63.3 Å². The molecule has 0 aliphatic rings. The Morgan fingerprint density at radius 1 is 1.30 bits per heavy atom. The molecule has 0 spiro atoms. The smallest absolute Gasteiger partial charge is 0.290 e. The van der Waals surface area contributed by atoms with Gasteiger partial charge >= 0.3 is 0 Å². The third kappa shape index (κ3) is 3.04. The molecule has 6 heteroatoms. The molecule has 0 saturated carbocycles. The first-order chi connectivity index (χ1) is 9.44. The van der Waals surface area contributed by atoms with Crippen LogP contribution in [0.15, 0.2) is 41.2 Å². The summed E-state index contributed by atoms with van der Waals surface area (Å²) < 4.78 is 29.4. The lowest BCUT2D eigenvalue weighted by Crippen LogP contribution is -2.32. The van der Waals surface area contributed by atoms with E-state index < -0.39 is 18.0 Å². The molecule has 0 radical (unpaired) electrons. The Bertz CT molecular complexity index is 656. The SMILES string of the molecule is CCc1nc(Cl)cc(=O)n1CC(F)(F)c1ccccc1. The van der Waals surface area contributed by atoms with E-state index in [-0.39, 0.29) is 16.5 Å². The maximum Gasteiger partial charge on any atom is 0.290 e. The summed E-state index contributed by atoms with van der Waals surface area (Å²) in [6.07, 6.45) is 0.348. The first-order valence-electron chi connectivity index (χ1n) is 6.13. The maximum atomic E-state index is 14.2. The monoisotopic (exact) mass is 298 g/mol. The number of nitrogens with zero attached hydrogens (tertiary/aromatic N) is 2. The van der Waals surface area contributed by atoms with Crippen molar-refractivity contribution < 1.29 is 8.78 Å². The molecule has 20 heavy (non-hydrogen) atoms. The fraction of sp³-hybridized carbons (Fsp3) is 0.286. The van der Waals surface area contributed by atoms with Gasteiger partial charge in [0.1, 0.15) is 11.0 Å². The predicted molar refractivity (Wildman–Crippen MR) is 73.2 cm³/mol. The third-order valence-electron chi connectivity index (χ3n) is 2.93. The fourth-order valence-corrected chi connectivity index (χ4v) is 2.12. The number of benzene rings is 1. The molecule has 0 unspecified atom stereocenters. The Hall–Kier alpha value is -1.75. The summed E-state index contributed by atoms with van der Waals surface area (Å²) >= 11 is 5.68. The van der Waals surface area contributed by atoms with E-state index in [4.69, 9.17) is 11.6 Å². The van der Waals surface area contributed by atoms with E-state index in [1.54, 1.807) is 13.0 Å². The topological polar surface area (TPSA) is 34.9 Å². The van der Waals surface area contributed by atoms with Crippen molar-refractivity contribution in [2.24, 2.45) is 0 Å². The molecule has 0 N–H and O–H groups in total. The Morgan fingerprint density at radius 2 is 1.95 bits per heavy atom. The minimum absolute atomic E-state index is 0.0196. The molecular formula is C14H13ClF2N2O. The lowest BCUT2D eigenvalue weighted by molar-refractivity contribution is -0.0241. The van der Waals surface area contributed by atoms with Gasteiger partial charge in [-0.2, -0.15) is 8.78 Å². The summed E-state index contributed by atoms with van der Waals surface area (Å²) in [6, 6.07) is 8.44. The highest BCUT2D eigenvalue weighted by Crippen LogP contribution is 2.29. The minimum atomic E-state index is -3.15. The van der Waals surface area contributed by atoms with Gasteiger partial charge in [-0.25, -0.2) is 4.98 Å². The zero-order valence-corrected chi connectivity index (χ0v) is 11.6. The zero-order chi connectivity index (χ0) is 14.8. The predicted octanol–water partition coefficient (Wildman–Crippen LogP) is 3.25. The largest absolute Gasteiger partial charge is 0.290 e. The average molecular weight is 299 g/mol. The average Bonchev–Trinajstić information content (AvgIpc) is 2.42. The fourth-order valence-electron chi connectivity index (χ4n) is 1.93. The normalized spacial score (nSPS) is 11.6. The van der Waals surface area contributed by atoms with Gasteiger partial charge < -0.3 is 0 Å². The van der Waals surface area contributed by atoms with Gasteiger partial charge in [0.25, 0.3) is 11.5 Å². The van der Waals surface area contributed by atoms with Gasteiger partial charge in [0.15, 0.2) is 0 Å². The van der Waals surface area contributed by atoms with Crippen LogP contribution in [0.1, 0.15) is 18.3 Å². The van der Waals surface area contributed by atoms with E-state index in [0.717, 1.165) is 10.6 Å². The van der Waals surface area contributed by atoms with Crippen molar-refractivity contribution in [3.8, 4) is 0 Å². The number of hydrogen-bond donors (Lipinski definition) is 0. The number of halogens is 3. The Labute approximate surface area is 119 Å². The van der Waals surface area contributed by atoms with E-state index in [9.17, 15) is 13.6 Å². The van der Waals surface area contributed by atoms with Crippen molar-refractivity contribution in [2.75, 3.05) is 0 Å². The van der Waals surface area contributed by atoms with Crippen LogP contribution in [0.4, 0.5) is 8.78 Å². The second kappa shape index (κ2) is 5.71. The van der Waals surface area contributed by atoms with Crippen molar-refractivity contribution in [1.29, 1.82) is 0 Å². The summed E-state index contributed by atoms with van der Waals surface area (Å²) in [5, 5.41) is 0.0196. The van der Waals surface area contributed by atoms with E-state index in [1.807, 2.05) is 0 Å². The van der Waals surface area contributed by atoms with Crippen LogP contribution in [0, 0.1) is 0 Å². The van der Waals surface area contributed by atoms with Gasteiger partial charge in [-0.15, -0.1) is 0 Å². The Balaban J connectivity index is 2.42. The molecule has 1 heterocycles. The molecule has 0 saturated heterocycles. The minimum Gasteiger partial charge on any atom is -0.290 e. The van der Waals surface area contributed by atoms with E-state index in [2.05, 4.69) is 4.98 Å². The molecule has 0 aliphatic carbocycles. The molecule has 0 aliphatic heterocycles. The maximum absolute atomic E-state index is 14.2. The quantitative estimate of drug-likeness (QED) is 0.812. The van der Waals surface area contributed by atoms with Crippen LogP contribution in [0.2, 0.25) is 5.15 Å². The lowest BCUT2D eigenvalue weighted by atomic mass is 10.1. The first-order valence-corrected chi connectivity index (χ1v) is 6.51. The molecule has 0 atom stereocenters. The molecule has 0 amide bonds.